The predicted octanol–water partition coefficient (Wildman–Crippen LogP) is 3.31. The van der Waals surface area contributed by atoms with Crippen molar-refractivity contribution in [1.29, 1.82) is 0 Å². The number of fused-ring (bicyclic) bond motifs is 1. The Morgan fingerprint density at radius 1 is 1.21 bits per heavy atom. The topological polar surface area (TPSA) is 72.5 Å². The van der Waals surface area contributed by atoms with Crippen LogP contribution in [0.3, 0.4) is 0 Å². The molecule has 1 aromatic carbocycles. The van der Waals surface area contributed by atoms with Gasteiger partial charge in [-0.2, -0.15) is 0 Å². The number of carboxylic acid groups (broad SMARTS) is 1. The van der Waals surface area contributed by atoms with Gasteiger partial charge in [0.15, 0.2) is 0 Å². The summed E-state index contributed by atoms with van der Waals surface area (Å²) in [7, 11) is 0. The highest BCUT2D eigenvalue weighted by molar-refractivity contribution is 9.10. The lowest BCUT2D eigenvalue weighted by atomic mass is 10.0. The smallest absolute Gasteiger partial charge is 0.325 e. The number of rotatable bonds is 6. The number of aromatic nitrogens is 2. The third kappa shape index (κ3) is 4.11. The fourth-order valence-corrected chi connectivity index (χ4v) is 4.25. The van der Waals surface area contributed by atoms with E-state index in [0.29, 0.717) is 0 Å². The number of aliphatic carboxylic acids is 1. The molecule has 28 heavy (non-hydrogen) atoms. The van der Waals surface area contributed by atoms with Gasteiger partial charge in [0.2, 0.25) is 0 Å². The summed E-state index contributed by atoms with van der Waals surface area (Å²) in [6.45, 7) is 4.15. The summed E-state index contributed by atoms with van der Waals surface area (Å²) >= 11 is 3.49. The highest BCUT2D eigenvalue weighted by Crippen LogP contribution is 2.31. The molecule has 1 aliphatic heterocycles. The van der Waals surface area contributed by atoms with Crippen LogP contribution >= 0.6 is 15.9 Å². The van der Waals surface area contributed by atoms with Crippen LogP contribution in [0.5, 0.6) is 0 Å². The summed E-state index contributed by atoms with van der Waals surface area (Å²) in [4.78, 5) is 24.2. The van der Waals surface area contributed by atoms with Crippen molar-refractivity contribution in [3.63, 3.8) is 0 Å². The van der Waals surface area contributed by atoms with E-state index in [1.54, 1.807) is 0 Å². The van der Waals surface area contributed by atoms with Gasteiger partial charge in [-0.1, -0.05) is 22.0 Å². The molecule has 0 radical (unpaired) electrons. The van der Waals surface area contributed by atoms with Crippen molar-refractivity contribution in [3.8, 4) is 0 Å². The van der Waals surface area contributed by atoms with Gasteiger partial charge in [0.1, 0.15) is 6.04 Å². The van der Waals surface area contributed by atoms with Gasteiger partial charge in [0.05, 0.1) is 0 Å². The highest BCUT2D eigenvalue weighted by atomic mass is 79.9. The molecule has 0 bridgehead atoms. The monoisotopic (exact) mass is 442 g/mol. The average Bonchev–Trinajstić information content (AvgIpc) is 3.11. The second kappa shape index (κ2) is 8.43. The Labute approximate surface area is 172 Å². The first-order valence-corrected chi connectivity index (χ1v) is 10.3. The molecule has 1 fully saturated rings. The Bertz CT molecular complexity index is 951. The van der Waals surface area contributed by atoms with Crippen LogP contribution in [0.25, 0.3) is 10.9 Å². The highest BCUT2D eigenvalue weighted by Gasteiger charge is 2.32. The molecule has 6 nitrogen and oxygen atoms in total. The zero-order valence-electron chi connectivity index (χ0n) is 15.5. The van der Waals surface area contributed by atoms with Crippen molar-refractivity contribution >= 4 is 32.8 Å². The van der Waals surface area contributed by atoms with Gasteiger partial charge in [0.25, 0.3) is 0 Å². The van der Waals surface area contributed by atoms with Crippen LogP contribution in [0.15, 0.2) is 53.3 Å². The summed E-state index contributed by atoms with van der Waals surface area (Å²) in [5.41, 5.74) is 2.88. The molecule has 1 saturated heterocycles. The van der Waals surface area contributed by atoms with E-state index in [4.69, 9.17) is 0 Å². The summed E-state index contributed by atoms with van der Waals surface area (Å²) in [5.74, 6) is -0.803. The van der Waals surface area contributed by atoms with Crippen molar-refractivity contribution in [1.82, 2.24) is 19.8 Å². The van der Waals surface area contributed by atoms with Crippen molar-refractivity contribution < 1.29 is 9.90 Å². The van der Waals surface area contributed by atoms with E-state index in [1.807, 2.05) is 48.8 Å². The van der Waals surface area contributed by atoms with Crippen LogP contribution in [0, 0.1) is 0 Å². The maximum atomic E-state index is 12.1. The van der Waals surface area contributed by atoms with Crippen LogP contribution < -0.4 is 0 Å². The second-order valence-electron chi connectivity index (χ2n) is 7.12. The SMILES string of the molecule is O=C(O)[C@H](c1c[nH]c2ccc(Br)cc12)N1CCN(CCc2ccccn2)CC1. The lowest BCUT2D eigenvalue weighted by molar-refractivity contribution is -0.144. The van der Waals surface area contributed by atoms with Gasteiger partial charge < -0.3 is 15.0 Å². The summed E-state index contributed by atoms with van der Waals surface area (Å²) in [6, 6.07) is 11.3. The number of carbonyl (C=O) groups is 1. The van der Waals surface area contributed by atoms with Crippen LogP contribution in [-0.2, 0) is 11.2 Å². The van der Waals surface area contributed by atoms with Gasteiger partial charge in [-0.3, -0.25) is 14.7 Å². The summed E-state index contributed by atoms with van der Waals surface area (Å²) in [5, 5.41) is 10.9. The molecule has 7 heteroatoms. The first-order chi connectivity index (χ1) is 13.6. The molecule has 0 spiro atoms. The molecule has 3 aromatic rings. The zero-order valence-corrected chi connectivity index (χ0v) is 17.1. The molecule has 4 rings (SSSR count). The maximum absolute atomic E-state index is 12.1. The lowest BCUT2D eigenvalue weighted by Crippen LogP contribution is -2.49. The van der Waals surface area contributed by atoms with Crippen LogP contribution in [0.1, 0.15) is 17.3 Å². The van der Waals surface area contributed by atoms with Crippen molar-refractivity contribution in [3.05, 3.63) is 64.5 Å². The van der Waals surface area contributed by atoms with E-state index in [-0.39, 0.29) is 0 Å². The van der Waals surface area contributed by atoms with Gasteiger partial charge in [-0.15, -0.1) is 0 Å². The van der Waals surface area contributed by atoms with E-state index in [2.05, 4.69) is 35.7 Å². The molecule has 1 atom stereocenters. The number of H-pyrrole nitrogens is 1. The number of nitrogens with one attached hydrogen (secondary N) is 1. The Morgan fingerprint density at radius 3 is 2.75 bits per heavy atom. The number of aromatic amines is 1. The number of halogens is 1. The number of hydrogen-bond acceptors (Lipinski definition) is 4. The van der Waals surface area contributed by atoms with E-state index >= 15 is 0 Å². The van der Waals surface area contributed by atoms with E-state index in [9.17, 15) is 9.90 Å². The molecular weight excluding hydrogens is 420 g/mol. The fraction of sp³-hybridized carbons (Fsp3) is 0.333. The molecular formula is C21H23BrN4O2. The van der Waals surface area contributed by atoms with E-state index in [0.717, 1.165) is 65.8 Å². The standard InChI is InChI=1S/C21H23BrN4O2/c22-15-4-5-19-17(13-15)18(14-24-19)20(21(27)28)26-11-9-25(10-12-26)8-6-16-3-1-2-7-23-16/h1-5,7,13-14,20,24H,6,8-12H2,(H,27,28)/t20-/m0/s1. The second-order valence-corrected chi connectivity index (χ2v) is 8.04. The number of pyridine rings is 1. The van der Waals surface area contributed by atoms with Gasteiger partial charge in [-0.05, 0) is 30.3 Å². The molecule has 3 heterocycles. The molecule has 1 aliphatic rings. The fourth-order valence-electron chi connectivity index (χ4n) is 3.89. The summed E-state index contributed by atoms with van der Waals surface area (Å²) in [6.07, 6.45) is 4.58. The largest absolute Gasteiger partial charge is 0.480 e. The minimum Gasteiger partial charge on any atom is -0.480 e. The molecule has 2 N–H and O–H groups in total. The number of piperazine rings is 1. The summed E-state index contributed by atoms with van der Waals surface area (Å²) < 4.78 is 0.948. The molecule has 0 unspecified atom stereocenters. The van der Waals surface area contributed by atoms with Gasteiger partial charge in [0, 0.05) is 78.2 Å². The van der Waals surface area contributed by atoms with Crippen molar-refractivity contribution in [2.24, 2.45) is 0 Å². The Kier molecular flexibility index (Phi) is 5.75. The zero-order chi connectivity index (χ0) is 19.5. The molecule has 2 aromatic heterocycles. The first-order valence-electron chi connectivity index (χ1n) is 9.47. The number of hydrogen-bond donors (Lipinski definition) is 2. The number of carboxylic acids is 1. The number of benzene rings is 1. The molecule has 0 aliphatic carbocycles. The lowest BCUT2D eigenvalue weighted by Gasteiger charge is -2.37. The third-order valence-electron chi connectivity index (χ3n) is 5.39. The van der Waals surface area contributed by atoms with Crippen LogP contribution in [0.2, 0.25) is 0 Å². The van der Waals surface area contributed by atoms with Crippen LogP contribution in [-0.4, -0.2) is 63.6 Å². The Morgan fingerprint density at radius 2 is 2.04 bits per heavy atom. The first kappa shape index (κ1) is 19.1. The minimum atomic E-state index is -0.803. The average molecular weight is 443 g/mol. The van der Waals surface area contributed by atoms with Crippen LogP contribution in [0.4, 0.5) is 0 Å². The Hall–Kier alpha value is -2.22. The molecule has 0 saturated carbocycles. The van der Waals surface area contributed by atoms with Gasteiger partial charge >= 0.3 is 5.97 Å². The molecule has 0 amide bonds. The maximum Gasteiger partial charge on any atom is 0.325 e. The molecule has 146 valence electrons. The predicted molar refractivity (Wildman–Crippen MR) is 112 cm³/mol. The van der Waals surface area contributed by atoms with Gasteiger partial charge in [-0.25, -0.2) is 0 Å². The van der Waals surface area contributed by atoms with Crippen molar-refractivity contribution in [2.45, 2.75) is 12.5 Å². The minimum absolute atomic E-state index is 0.638. The quantitative estimate of drug-likeness (QED) is 0.612. The van der Waals surface area contributed by atoms with E-state index in [1.165, 1.54) is 0 Å². The number of nitrogens with zero attached hydrogens (tertiary/aromatic N) is 3. The Balaban J connectivity index is 1.44. The van der Waals surface area contributed by atoms with Crippen molar-refractivity contribution in [2.75, 3.05) is 32.7 Å². The van der Waals surface area contributed by atoms with E-state index < -0.39 is 12.0 Å². The normalized spacial score (nSPS) is 17.0. The third-order valence-corrected chi connectivity index (χ3v) is 5.88.